The van der Waals surface area contributed by atoms with Crippen molar-refractivity contribution in [2.45, 2.75) is 64.0 Å². The highest BCUT2D eigenvalue weighted by Gasteiger charge is 2.38. The first kappa shape index (κ1) is 16.1. The van der Waals surface area contributed by atoms with Gasteiger partial charge in [0.2, 0.25) is 0 Å². The molecule has 122 valence electrons. The minimum absolute atomic E-state index is 0.0579. The first-order chi connectivity index (χ1) is 10.4. The number of carbonyl (C=O) groups is 1. The molecule has 0 N–H and O–H groups in total. The predicted molar refractivity (Wildman–Crippen MR) is 88.5 cm³/mol. The van der Waals surface area contributed by atoms with Crippen LogP contribution in [0.4, 0.5) is 0 Å². The van der Waals surface area contributed by atoms with E-state index in [4.69, 9.17) is 4.74 Å². The van der Waals surface area contributed by atoms with Crippen molar-refractivity contribution in [3.8, 4) is 0 Å². The molecule has 2 aliphatic heterocycles. The molecule has 2 saturated heterocycles. The summed E-state index contributed by atoms with van der Waals surface area (Å²) in [4.78, 5) is 19.7. The average Bonchev–Trinajstić information content (AvgIpc) is 2.87. The van der Waals surface area contributed by atoms with Crippen LogP contribution in [0.15, 0.2) is 5.38 Å². The summed E-state index contributed by atoms with van der Waals surface area (Å²) >= 11 is 1.62. The van der Waals surface area contributed by atoms with Crippen LogP contribution in [0.1, 0.15) is 50.7 Å². The number of hydrogen-bond donors (Lipinski definition) is 0. The van der Waals surface area contributed by atoms with Crippen LogP contribution >= 0.6 is 11.3 Å². The zero-order valence-corrected chi connectivity index (χ0v) is 14.6. The van der Waals surface area contributed by atoms with Gasteiger partial charge in [-0.05, 0) is 19.3 Å². The van der Waals surface area contributed by atoms with Crippen molar-refractivity contribution in [2.75, 3.05) is 19.8 Å². The molecule has 22 heavy (non-hydrogen) atoms. The first-order valence-corrected chi connectivity index (χ1v) is 9.14. The molecule has 2 aliphatic rings. The summed E-state index contributed by atoms with van der Waals surface area (Å²) in [7, 11) is 0. The number of carbonyl (C=O) groups excluding carboxylic acids is 1. The lowest BCUT2D eigenvalue weighted by Gasteiger charge is -2.46. The monoisotopic (exact) mass is 322 g/mol. The number of nitrogens with zero attached hydrogens (tertiary/aromatic N) is 2. The van der Waals surface area contributed by atoms with Crippen molar-refractivity contribution < 1.29 is 9.53 Å². The molecular formula is C17H26N2O2S. The zero-order valence-electron chi connectivity index (χ0n) is 13.8. The summed E-state index contributed by atoms with van der Waals surface area (Å²) < 4.78 is 5.42. The summed E-state index contributed by atoms with van der Waals surface area (Å²) in [6.07, 6.45) is 3.63. The van der Waals surface area contributed by atoms with E-state index in [1.54, 1.807) is 11.3 Å². The smallest absolute Gasteiger partial charge is 0.156 e. The molecular weight excluding hydrogens is 296 g/mol. The number of ether oxygens (including phenoxy) is 1. The number of Topliss-reactive ketones (excluding diaryl/α,β-unsaturated/α-hetero) is 1. The van der Waals surface area contributed by atoms with Crippen LogP contribution < -0.4 is 0 Å². The quantitative estimate of drug-likeness (QED) is 0.855. The largest absolute Gasteiger partial charge is 0.381 e. The summed E-state index contributed by atoms with van der Waals surface area (Å²) in [5.41, 5.74) is 1.15. The topological polar surface area (TPSA) is 42.4 Å². The molecule has 0 aromatic carbocycles. The average molecular weight is 322 g/mol. The molecule has 1 atom stereocenters. The molecule has 3 rings (SSSR count). The maximum absolute atomic E-state index is 12.6. The first-order valence-electron chi connectivity index (χ1n) is 8.26. The van der Waals surface area contributed by atoms with E-state index in [1.807, 2.05) is 0 Å². The standard InChI is InChI=1S/C17H26N2O2S/c1-17(2,3)15-11-22-16(18-15)10-14(20)13-4-7-19(13)12-5-8-21-9-6-12/h11-13H,4-10H2,1-3H3/t13-/m0/s1. The Morgan fingerprint density at radius 1 is 1.36 bits per heavy atom. The number of hydrogen-bond acceptors (Lipinski definition) is 5. The summed E-state index contributed by atoms with van der Waals surface area (Å²) in [6, 6.07) is 0.656. The molecule has 0 saturated carbocycles. The van der Waals surface area contributed by atoms with E-state index >= 15 is 0 Å². The van der Waals surface area contributed by atoms with Gasteiger partial charge >= 0.3 is 0 Å². The van der Waals surface area contributed by atoms with Crippen LogP contribution in [-0.2, 0) is 21.4 Å². The fourth-order valence-electron chi connectivity index (χ4n) is 3.21. The third-order valence-corrected chi connectivity index (χ3v) is 5.59. The Bertz CT molecular complexity index is 529. The van der Waals surface area contributed by atoms with E-state index in [9.17, 15) is 4.79 Å². The third kappa shape index (κ3) is 3.42. The van der Waals surface area contributed by atoms with Crippen LogP contribution in [0, 0.1) is 0 Å². The van der Waals surface area contributed by atoms with Gasteiger partial charge in [0.25, 0.3) is 0 Å². The molecule has 0 radical (unpaired) electrons. The Hall–Kier alpha value is -0.780. The van der Waals surface area contributed by atoms with Gasteiger partial charge < -0.3 is 4.74 Å². The molecule has 1 aromatic rings. The number of thiazole rings is 1. The van der Waals surface area contributed by atoms with Gasteiger partial charge in [-0.1, -0.05) is 20.8 Å². The van der Waals surface area contributed by atoms with E-state index in [2.05, 4.69) is 36.0 Å². The van der Waals surface area contributed by atoms with Gasteiger partial charge in [0.1, 0.15) is 5.01 Å². The predicted octanol–water partition coefficient (Wildman–Crippen LogP) is 2.81. The van der Waals surface area contributed by atoms with Crippen molar-refractivity contribution in [2.24, 2.45) is 0 Å². The van der Waals surface area contributed by atoms with Crippen molar-refractivity contribution in [3.63, 3.8) is 0 Å². The Kier molecular flexibility index (Phi) is 4.67. The Morgan fingerprint density at radius 2 is 2.09 bits per heavy atom. The molecule has 0 spiro atoms. The van der Waals surface area contributed by atoms with Crippen molar-refractivity contribution >= 4 is 17.1 Å². The molecule has 3 heterocycles. The van der Waals surface area contributed by atoms with Gasteiger partial charge in [-0.3, -0.25) is 9.69 Å². The van der Waals surface area contributed by atoms with Crippen LogP contribution in [0.5, 0.6) is 0 Å². The lowest BCUT2D eigenvalue weighted by atomic mass is 9.91. The van der Waals surface area contributed by atoms with Crippen LogP contribution in [0.25, 0.3) is 0 Å². The van der Waals surface area contributed by atoms with Gasteiger partial charge in [-0.15, -0.1) is 11.3 Å². The van der Waals surface area contributed by atoms with Crippen LogP contribution in [-0.4, -0.2) is 47.5 Å². The van der Waals surface area contributed by atoms with Crippen molar-refractivity contribution in [1.82, 2.24) is 9.88 Å². The van der Waals surface area contributed by atoms with Crippen molar-refractivity contribution in [3.05, 3.63) is 16.1 Å². The lowest BCUT2D eigenvalue weighted by molar-refractivity contribution is -0.131. The second kappa shape index (κ2) is 6.38. The minimum atomic E-state index is 0.0579. The molecule has 2 fully saturated rings. The fraction of sp³-hybridized carbons (Fsp3) is 0.765. The molecule has 4 nitrogen and oxygen atoms in total. The van der Waals surface area contributed by atoms with E-state index in [0.717, 1.165) is 49.7 Å². The van der Waals surface area contributed by atoms with Gasteiger partial charge in [0.05, 0.1) is 18.2 Å². The molecule has 5 heteroatoms. The Morgan fingerprint density at radius 3 is 2.64 bits per heavy atom. The molecule has 0 bridgehead atoms. The van der Waals surface area contributed by atoms with Gasteiger partial charge in [-0.25, -0.2) is 4.98 Å². The Balaban J connectivity index is 1.58. The third-order valence-electron chi connectivity index (χ3n) is 4.74. The summed E-state index contributed by atoms with van der Waals surface area (Å²) in [5.74, 6) is 0.340. The van der Waals surface area contributed by atoms with E-state index < -0.39 is 0 Å². The van der Waals surface area contributed by atoms with E-state index in [1.165, 1.54) is 0 Å². The molecule has 0 aliphatic carbocycles. The highest BCUT2D eigenvalue weighted by atomic mass is 32.1. The van der Waals surface area contributed by atoms with Crippen molar-refractivity contribution in [1.29, 1.82) is 0 Å². The van der Waals surface area contributed by atoms with E-state index in [-0.39, 0.29) is 11.5 Å². The van der Waals surface area contributed by atoms with Crippen LogP contribution in [0.3, 0.4) is 0 Å². The highest BCUT2D eigenvalue weighted by Crippen LogP contribution is 2.29. The molecule has 0 amide bonds. The fourth-order valence-corrected chi connectivity index (χ4v) is 4.24. The lowest BCUT2D eigenvalue weighted by Crippen LogP contribution is -2.58. The number of rotatable bonds is 4. The normalized spacial score (nSPS) is 24.2. The van der Waals surface area contributed by atoms with Gasteiger partial charge in [-0.2, -0.15) is 0 Å². The maximum atomic E-state index is 12.6. The summed E-state index contributed by atoms with van der Waals surface area (Å²) in [5, 5.41) is 3.06. The second-order valence-corrected chi connectivity index (χ2v) is 8.35. The molecule has 1 aromatic heterocycles. The number of likely N-dealkylation sites (tertiary alicyclic amines) is 1. The number of ketones is 1. The maximum Gasteiger partial charge on any atom is 0.156 e. The number of aromatic nitrogens is 1. The van der Waals surface area contributed by atoms with Gasteiger partial charge in [0, 0.05) is 36.6 Å². The SMILES string of the molecule is CC(C)(C)c1csc(CC(=O)[C@@H]2CCN2C2CCOCC2)n1. The molecule has 0 unspecified atom stereocenters. The van der Waals surface area contributed by atoms with Crippen LogP contribution in [0.2, 0.25) is 0 Å². The second-order valence-electron chi connectivity index (χ2n) is 7.41. The Labute approximate surface area is 136 Å². The zero-order chi connectivity index (χ0) is 15.7. The van der Waals surface area contributed by atoms with E-state index in [0.29, 0.717) is 18.2 Å². The summed E-state index contributed by atoms with van der Waals surface area (Å²) in [6.45, 7) is 9.21. The highest BCUT2D eigenvalue weighted by molar-refractivity contribution is 7.09. The van der Waals surface area contributed by atoms with Gasteiger partial charge in [0.15, 0.2) is 5.78 Å². The minimum Gasteiger partial charge on any atom is -0.381 e.